The van der Waals surface area contributed by atoms with Crippen LogP contribution in [0.5, 0.6) is 0 Å². The highest BCUT2D eigenvalue weighted by atomic mass is 16.2. The summed E-state index contributed by atoms with van der Waals surface area (Å²) in [7, 11) is 0. The van der Waals surface area contributed by atoms with Gasteiger partial charge in [0.2, 0.25) is 5.91 Å². The second-order valence-corrected chi connectivity index (χ2v) is 8.70. The highest BCUT2D eigenvalue weighted by Crippen LogP contribution is 2.39. The van der Waals surface area contributed by atoms with Crippen molar-refractivity contribution in [1.82, 2.24) is 20.4 Å². The van der Waals surface area contributed by atoms with E-state index in [1.165, 1.54) is 5.69 Å². The SMILES string of the molecule is CC(C)Cc1cc(CN2CCC3(CC2)C[C@@H](c2ccccc2)C(=O)N3)[nH]n1. The summed E-state index contributed by atoms with van der Waals surface area (Å²) in [5.41, 5.74) is 3.47. The number of H-pyrrole nitrogens is 1. The zero-order chi connectivity index (χ0) is 18.9. The first kappa shape index (κ1) is 18.2. The van der Waals surface area contributed by atoms with E-state index in [0.29, 0.717) is 5.92 Å². The number of nitrogens with zero attached hydrogens (tertiary/aromatic N) is 2. The van der Waals surface area contributed by atoms with Gasteiger partial charge in [0.15, 0.2) is 0 Å². The van der Waals surface area contributed by atoms with Gasteiger partial charge >= 0.3 is 0 Å². The lowest BCUT2D eigenvalue weighted by Crippen LogP contribution is -2.50. The van der Waals surface area contributed by atoms with E-state index in [0.717, 1.165) is 56.6 Å². The smallest absolute Gasteiger partial charge is 0.228 e. The minimum atomic E-state index is -0.0229. The molecule has 0 radical (unpaired) electrons. The summed E-state index contributed by atoms with van der Waals surface area (Å²) in [5.74, 6) is 0.824. The number of aromatic nitrogens is 2. The number of amides is 1. The zero-order valence-corrected chi connectivity index (χ0v) is 16.4. The van der Waals surface area contributed by atoms with Crippen LogP contribution in [0.15, 0.2) is 36.4 Å². The Morgan fingerprint density at radius 3 is 2.67 bits per heavy atom. The zero-order valence-electron chi connectivity index (χ0n) is 16.4. The number of likely N-dealkylation sites (tertiary alicyclic amines) is 1. The standard InChI is InChI=1S/C22H30N4O/c1-16(2)12-18-13-19(25-24-18)15-26-10-8-22(9-11-26)14-20(21(27)23-22)17-6-4-3-5-7-17/h3-7,13,16,20H,8-12,14-15H2,1-2H3,(H,23,27)(H,24,25)/t20-/m0/s1. The lowest BCUT2D eigenvalue weighted by molar-refractivity contribution is -0.121. The molecule has 1 amide bonds. The average Bonchev–Trinajstić information content (AvgIpc) is 3.22. The minimum absolute atomic E-state index is 0.00366. The van der Waals surface area contributed by atoms with Gasteiger partial charge in [0.1, 0.15) is 0 Å². The van der Waals surface area contributed by atoms with Crippen molar-refractivity contribution in [2.45, 2.75) is 57.5 Å². The maximum atomic E-state index is 12.6. The lowest BCUT2D eigenvalue weighted by atomic mass is 9.82. The molecular formula is C22H30N4O. The maximum Gasteiger partial charge on any atom is 0.228 e. The molecule has 2 saturated heterocycles. The number of benzene rings is 1. The van der Waals surface area contributed by atoms with E-state index < -0.39 is 0 Å². The molecule has 0 unspecified atom stereocenters. The summed E-state index contributed by atoms with van der Waals surface area (Å²) in [6.07, 6.45) is 3.99. The second kappa shape index (κ2) is 7.47. The van der Waals surface area contributed by atoms with Gasteiger partial charge in [-0.1, -0.05) is 44.2 Å². The Balaban J connectivity index is 1.34. The molecule has 0 bridgehead atoms. The molecular weight excluding hydrogens is 336 g/mol. The number of nitrogens with one attached hydrogen (secondary N) is 2. The Morgan fingerprint density at radius 1 is 1.22 bits per heavy atom. The molecule has 1 aromatic heterocycles. The molecule has 27 heavy (non-hydrogen) atoms. The van der Waals surface area contributed by atoms with E-state index in [2.05, 4.69) is 52.5 Å². The van der Waals surface area contributed by atoms with Crippen molar-refractivity contribution in [3.05, 3.63) is 53.3 Å². The molecule has 4 rings (SSSR count). The second-order valence-electron chi connectivity index (χ2n) is 8.70. The largest absolute Gasteiger partial charge is 0.350 e. The summed E-state index contributed by atoms with van der Waals surface area (Å²) in [6, 6.07) is 12.4. The molecule has 0 aliphatic carbocycles. The molecule has 5 heteroatoms. The van der Waals surface area contributed by atoms with Crippen molar-refractivity contribution in [3.63, 3.8) is 0 Å². The molecule has 3 heterocycles. The van der Waals surface area contributed by atoms with Gasteiger partial charge in [-0.05, 0) is 43.2 Å². The monoisotopic (exact) mass is 366 g/mol. The summed E-state index contributed by atoms with van der Waals surface area (Å²) < 4.78 is 0. The predicted octanol–water partition coefficient (Wildman–Crippen LogP) is 3.25. The van der Waals surface area contributed by atoms with Crippen LogP contribution in [-0.4, -0.2) is 39.6 Å². The number of rotatable bonds is 5. The van der Waals surface area contributed by atoms with Gasteiger partial charge in [-0.3, -0.25) is 14.8 Å². The van der Waals surface area contributed by atoms with Crippen molar-refractivity contribution in [1.29, 1.82) is 0 Å². The highest BCUT2D eigenvalue weighted by Gasteiger charge is 2.46. The first-order valence-electron chi connectivity index (χ1n) is 10.2. The fourth-order valence-corrected chi connectivity index (χ4v) is 4.56. The van der Waals surface area contributed by atoms with Crippen molar-refractivity contribution in [2.75, 3.05) is 13.1 Å². The van der Waals surface area contributed by atoms with Gasteiger partial charge in [-0.2, -0.15) is 5.10 Å². The van der Waals surface area contributed by atoms with E-state index in [1.807, 2.05) is 18.2 Å². The first-order chi connectivity index (χ1) is 13.0. The topological polar surface area (TPSA) is 61.0 Å². The van der Waals surface area contributed by atoms with E-state index in [-0.39, 0.29) is 17.4 Å². The third-order valence-corrected chi connectivity index (χ3v) is 6.01. The Labute approximate surface area is 161 Å². The van der Waals surface area contributed by atoms with Crippen LogP contribution in [0.4, 0.5) is 0 Å². The third kappa shape index (κ3) is 4.08. The summed E-state index contributed by atoms with van der Waals surface area (Å²) >= 11 is 0. The lowest BCUT2D eigenvalue weighted by Gasteiger charge is -2.39. The third-order valence-electron chi connectivity index (χ3n) is 6.01. The molecule has 5 nitrogen and oxygen atoms in total. The number of carbonyl (C=O) groups excluding carboxylic acids is 1. The Morgan fingerprint density at radius 2 is 1.96 bits per heavy atom. The van der Waals surface area contributed by atoms with Gasteiger partial charge in [0.25, 0.3) is 0 Å². The van der Waals surface area contributed by atoms with Crippen LogP contribution in [0.1, 0.15) is 56.0 Å². The van der Waals surface area contributed by atoms with E-state index in [9.17, 15) is 4.79 Å². The van der Waals surface area contributed by atoms with Crippen molar-refractivity contribution < 1.29 is 4.79 Å². The quantitative estimate of drug-likeness (QED) is 0.854. The summed E-state index contributed by atoms with van der Waals surface area (Å²) in [4.78, 5) is 15.0. The van der Waals surface area contributed by atoms with Crippen molar-refractivity contribution in [3.8, 4) is 0 Å². The van der Waals surface area contributed by atoms with Crippen LogP contribution < -0.4 is 5.32 Å². The molecule has 2 aliphatic rings. The average molecular weight is 367 g/mol. The van der Waals surface area contributed by atoms with Crippen LogP contribution in [0.2, 0.25) is 0 Å². The van der Waals surface area contributed by atoms with Crippen molar-refractivity contribution in [2.24, 2.45) is 5.92 Å². The van der Waals surface area contributed by atoms with Crippen LogP contribution in [0, 0.1) is 5.92 Å². The van der Waals surface area contributed by atoms with Crippen LogP contribution in [-0.2, 0) is 17.8 Å². The molecule has 144 valence electrons. The molecule has 2 aliphatic heterocycles. The van der Waals surface area contributed by atoms with Gasteiger partial charge < -0.3 is 5.32 Å². The normalized spacial score (nSPS) is 22.5. The minimum Gasteiger partial charge on any atom is -0.350 e. The number of aromatic amines is 1. The Hall–Kier alpha value is -2.14. The molecule has 2 aromatic rings. The van der Waals surface area contributed by atoms with Gasteiger partial charge in [0, 0.05) is 30.9 Å². The van der Waals surface area contributed by atoms with Crippen LogP contribution in [0.3, 0.4) is 0 Å². The van der Waals surface area contributed by atoms with Crippen LogP contribution >= 0.6 is 0 Å². The molecule has 2 N–H and O–H groups in total. The summed E-state index contributed by atoms with van der Waals surface area (Å²) in [5, 5.41) is 11.0. The Bertz CT molecular complexity index is 775. The van der Waals surface area contributed by atoms with Crippen molar-refractivity contribution >= 4 is 5.91 Å². The van der Waals surface area contributed by atoms with Crippen LogP contribution in [0.25, 0.3) is 0 Å². The fourth-order valence-electron chi connectivity index (χ4n) is 4.56. The number of hydrogen-bond acceptors (Lipinski definition) is 3. The number of hydrogen-bond donors (Lipinski definition) is 2. The predicted molar refractivity (Wildman–Crippen MR) is 106 cm³/mol. The van der Waals surface area contributed by atoms with E-state index in [4.69, 9.17) is 0 Å². The van der Waals surface area contributed by atoms with Gasteiger partial charge in [-0.15, -0.1) is 0 Å². The maximum absolute atomic E-state index is 12.6. The molecule has 1 spiro atoms. The number of carbonyl (C=O) groups is 1. The molecule has 2 fully saturated rings. The highest BCUT2D eigenvalue weighted by molar-refractivity contribution is 5.87. The van der Waals surface area contributed by atoms with E-state index in [1.54, 1.807) is 0 Å². The fraction of sp³-hybridized carbons (Fsp3) is 0.545. The van der Waals surface area contributed by atoms with Gasteiger partial charge in [-0.25, -0.2) is 0 Å². The molecule has 0 saturated carbocycles. The number of piperidine rings is 1. The first-order valence-corrected chi connectivity index (χ1v) is 10.2. The van der Waals surface area contributed by atoms with Gasteiger partial charge in [0.05, 0.1) is 11.6 Å². The van der Waals surface area contributed by atoms with E-state index >= 15 is 0 Å². The molecule has 1 atom stereocenters. The summed E-state index contributed by atoms with van der Waals surface area (Å²) in [6.45, 7) is 7.38. The Kier molecular flexibility index (Phi) is 5.04. The molecule has 1 aromatic carbocycles.